The standard InChI is InChI=1S/C20H25NO2/c1-15-10-11-18(16(2)13-15)14-20(22)21-12-6-8-17-7-4-5-9-19(17)23-3/h4-5,7,9-11,13H,6,8,12,14H2,1-3H3,(H,21,22). The molecule has 3 nitrogen and oxygen atoms in total. The highest BCUT2D eigenvalue weighted by Crippen LogP contribution is 2.18. The first-order chi connectivity index (χ1) is 11.1. The second-order valence-electron chi connectivity index (χ2n) is 5.87. The third-order valence-electron chi connectivity index (χ3n) is 3.99. The first kappa shape index (κ1) is 17.1. The number of hydrogen-bond donors (Lipinski definition) is 1. The Bertz CT molecular complexity index is 664. The lowest BCUT2D eigenvalue weighted by molar-refractivity contribution is -0.120. The maximum absolute atomic E-state index is 12.0. The number of para-hydroxylation sites is 1. The van der Waals surface area contributed by atoms with Gasteiger partial charge in [-0.1, -0.05) is 42.0 Å². The van der Waals surface area contributed by atoms with Gasteiger partial charge in [0.25, 0.3) is 0 Å². The van der Waals surface area contributed by atoms with Crippen molar-refractivity contribution in [3.63, 3.8) is 0 Å². The topological polar surface area (TPSA) is 38.3 Å². The summed E-state index contributed by atoms with van der Waals surface area (Å²) in [4.78, 5) is 12.0. The Labute approximate surface area is 138 Å². The Hall–Kier alpha value is -2.29. The molecule has 0 spiro atoms. The Kier molecular flexibility index (Phi) is 6.21. The van der Waals surface area contributed by atoms with E-state index < -0.39 is 0 Å². The van der Waals surface area contributed by atoms with Gasteiger partial charge in [-0.3, -0.25) is 4.79 Å². The van der Waals surface area contributed by atoms with Gasteiger partial charge in [0, 0.05) is 6.54 Å². The predicted octanol–water partition coefficient (Wildman–Crippen LogP) is 3.60. The molecule has 2 rings (SSSR count). The normalized spacial score (nSPS) is 10.4. The second-order valence-corrected chi connectivity index (χ2v) is 5.87. The lowest BCUT2D eigenvalue weighted by Crippen LogP contribution is -2.26. The van der Waals surface area contributed by atoms with Crippen LogP contribution in [0.25, 0.3) is 0 Å². The van der Waals surface area contributed by atoms with Crippen molar-refractivity contribution in [1.82, 2.24) is 5.32 Å². The molecule has 2 aromatic rings. The van der Waals surface area contributed by atoms with Crippen molar-refractivity contribution in [2.45, 2.75) is 33.1 Å². The number of ether oxygens (including phenoxy) is 1. The third kappa shape index (κ3) is 5.13. The smallest absolute Gasteiger partial charge is 0.224 e. The third-order valence-corrected chi connectivity index (χ3v) is 3.99. The zero-order valence-corrected chi connectivity index (χ0v) is 14.2. The number of rotatable bonds is 7. The van der Waals surface area contributed by atoms with Gasteiger partial charge in [0.1, 0.15) is 5.75 Å². The summed E-state index contributed by atoms with van der Waals surface area (Å²) >= 11 is 0. The summed E-state index contributed by atoms with van der Waals surface area (Å²) in [5.74, 6) is 0.992. The number of amides is 1. The molecular formula is C20H25NO2. The molecule has 1 amide bonds. The SMILES string of the molecule is COc1ccccc1CCCNC(=O)Cc1ccc(C)cc1C. The number of carbonyl (C=O) groups is 1. The number of hydrogen-bond acceptors (Lipinski definition) is 2. The van der Waals surface area contributed by atoms with Crippen LogP contribution in [0.2, 0.25) is 0 Å². The van der Waals surface area contributed by atoms with E-state index in [9.17, 15) is 4.79 Å². The van der Waals surface area contributed by atoms with Gasteiger partial charge >= 0.3 is 0 Å². The van der Waals surface area contributed by atoms with Gasteiger partial charge in [-0.05, 0) is 49.4 Å². The molecule has 2 aromatic carbocycles. The van der Waals surface area contributed by atoms with Gasteiger partial charge in [0.05, 0.1) is 13.5 Å². The maximum Gasteiger partial charge on any atom is 0.224 e. The summed E-state index contributed by atoms with van der Waals surface area (Å²) in [6.45, 7) is 4.80. The molecule has 0 bridgehead atoms. The summed E-state index contributed by atoms with van der Waals surface area (Å²) < 4.78 is 5.34. The predicted molar refractivity (Wildman–Crippen MR) is 93.9 cm³/mol. The highest BCUT2D eigenvalue weighted by Gasteiger charge is 2.06. The monoisotopic (exact) mass is 311 g/mol. The maximum atomic E-state index is 12.0. The van der Waals surface area contributed by atoms with Crippen LogP contribution in [-0.2, 0) is 17.6 Å². The fourth-order valence-electron chi connectivity index (χ4n) is 2.70. The Balaban J connectivity index is 1.76. The lowest BCUT2D eigenvalue weighted by Gasteiger charge is -2.10. The lowest BCUT2D eigenvalue weighted by atomic mass is 10.0. The highest BCUT2D eigenvalue weighted by atomic mass is 16.5. The van der Waals surface area contributed by atoms with Gasteiger partial charge in [-0.25, -0.2) is 0 Å². The largest absolute Gasteiger partial charge is 0.496 e. The summed E-state index contributed by atoms with van der Waals surface area (Å²) in [6.07, 6.45) is 2.24. The van der Waals surface area contributed by atoms with Crippen LogP contribution in [0.3, 0.4) is 0 Å². The minimum Gasteiger partial charge on any atom is -0.496 e. The number of nitrogens with one attached hydrogen (secondary N) is 1. The molecule has 23 heavy (non-hydrogen) atoms. The van der Waals surface area contributed by atoms with Crippen LogP contribution >= 0.6 is 0 Å². The summed E-state index contributed by atoms with van der Waals surface area (Å²) in [5, 5.41) is 3.00. The molecule has 0 radical (unpaired) electrons. The molecule has 0 atom stereocenters. The number of carbonyl (C=O) groups excluding carboxylic acids is 1. The van der Waals surface area contributed by atoms with E-state index in [1.165, 1.54) is 16.7 Å². The van der Waals surface area contributed by atoms with E-state index in [1.807, 2.05) is 24.3 Å². The second kappa shape index (κ2) is 8.37. The Morgan fingerprint density at radius 1 is 1.09 bits per heavy atom. The van der Waals surface area contributed by atoms with Crippen molar-refractivity contribution in [2.75, 3.05) is 13.7 Å². The molecule has 0 aliphatic carbocycles. The highest BCUT2D eigenvalue weighted by molar-refractivity contribution is 5.78. The first-order valence-corrected chi connectivity index (χ1v) is 8.05. The minimum absolute atomic E-state index is 0.0805. The molecular weight excluding hydrogens is 286 g/mol. The molecule has 0 aliphatic rings. The molecule has 3 heteroatoms. The van der Waals surface area contributed by atoms with Gasteiger partial charge in [-0.15, -0.1) is 0 Å². The molecule has 0 saturated carbocycles. The van der Waals surface area contributed by atoms with Crippen LogP contribution in [0.1, 0.15) is 28.7 Å². The summed E-state index contributed by atoms with van der Waals surface area (Å²) in [5.41, 5.74) is 4.68. The van der Waals surface area contributed by atoms with Gasteiger partial charge in [-0.2, -0.15) is 0 Å². The van der Waals surface area contributed by atoms with Crippen LogP contribution in [0.5, 0.6) is 5.75 Å². The van der Waals surface area contributed by atoms with Crippen LogP contribution in [0, 0.1) is 13.8 Å². The molecule has 0 aliphatic heterocycles. The summed E-state index contributed by atoms with van der Waals surface area (Å²) in [6, 6.07) is 14.2. The zero-order chi connectivity index (χ0) is 16.7. The van der Waals surface area contributed by atoms with E-state index in [0.29, 0.717) is 13.0 Å². The molecule has 122 valence electrons. The average molecular weight is 311 g/mol. The van der Waals surface area contributed by atoms with Crippen molar-refractivity contribution in [3.05, 3.63) is 64.7 Å². The molecule has 0 fully saturated rings. The van der Waals surface area contributed by atoms with Gasteiger partial charge in [0.15, 0.2) is 0 Å². The molecule has 0 saturated heterocycles. The fraction of sp³-hybridized carbons (Fsp3) is 0.350. The van der Waals surface area contributed by atoms with E-state index in [4.69, 9.17) is 4.74 Å². The van der Waals surface area contributed by atoms with Crippen LogP contribution < -0.4 is 10.1 Å². The number of aryl methyl sites for hydroxylation is 3. The number of benzene rings is 2. The molecule has 0 heterocycles. The van der Waals surface area contributed by atoms with Crippen molar-refractivity contribution < 1.29 is 9.53 Å². The van der Waals surface area contributed by atoms with Crippen LogP contribution in [0.15, 0.2) is 42.5 Å². The van der Waals surface area contributed by atoms with E-state index in [2.05, 4.69) is 37.4 Å². The van der Waals surface area contributed by atoms with Crippen molar-refractivity contribution in [1.29, 1.82) is 0 Å². The van der Waals surface area contributed by atoms with Crippen molar-refractivity contribution >= 4 is 5.91 Å². The summed E-state index contributed by atoms with van der Waals surface area (Å²) in [7, 11) is 1.69. The first-order valence-electron chi connectivity index (χ1n) is 8.05. The fourth-order valence-corrected chi connectivity index (χ4v) is 2.70. The molecule has 1 N–H and O–H groups in total. The van der Waals surface area contributed by atoms with E-state index in [0.717, 1.165) is 24.2 Å². The quantitative estimate of drug-likeness (QED) is 0.793. The van der Waals surface area contributed by atoms with Gasteiger partial charge < -0.3 is 10.1 Å². The average Bonchev–Trinajstić information content (AvgIpc) is 2.54. The molecule has 0 unspecified atom stereocenters. The zero-order valence-electron chi connectivity index (χ0n) is 14.2. The molecule has 0 aromatic heterocycles. The van der Waals surface area contributed by atoms with Gasteiger partial charge in [0.2, 0.25) is 5.91 Å². The van der Waals surface area contributed by atoms with Crippen LogP contribution in [-0.4, -0.2) is 19.6 Å². The Morgan fingerprint density at radius 2 is 1.87 bits per heavy atom. The van der Waals surface area contributed by atoms with Crippen molar-refractivity contribution in [3.8, 4) is 5.75 Å². The number of methoxy groups -OCH3 is 1. The van der Waals surface area contributed by atoms with E-state index in [-0.39, 0.29) is 5.91 Å². The Morgan fingerprint density at radius 3 is 2.61 bits per heavy atom. The minimum atomic E-state index is 0.0805. The van der Waals surface area contributed by atoms with Crippen LogP contribution in [0.4, 0.5) is 0 Å². The van der Waals surface area contributed by atoms with Crippen molar-refractivity contribution in [2.24, 2.45) is 0 Å². The van der Waals surface area contributed by atoms with E-state index in [1.54, 1.807) is 7.11 Å². The van der Waals surface area contributed by atoms with E-state index >= 15 is 0 Å².